The molecule has 0 atom stereocenters. The van der Waals surface area contributed by atoms with E-state index in [1.165, 1.54) is 10.5 Å². The number of aryl methyl sites for hydroxylation is 1. The Morgan fingerprint density at radius 1 is 1.25 bits per heavy atom. The summed E-state index contributed by atoms with van der Waals surface area (Å²) in [7, 11) is 0. The fourth-order valence-corrected chi connectivity index (χ4v) is 1.08. The Balaban J connectivity index is 0.000000354. The third kappa shape index (κ3) is 5.22. The van der Waals surface area contributed by atoms with E-state index >= 15 is 0 Å². The molecule has 0 saturated carbocycles. The zero-order valence-electron chi connectivity index (χ0n) is 7.87. The van der Waals surface area contributed by atoms with Crippen LogP contribution >= 0.6 is 11.8 Å². The van der Waals surface area contributed by atoms with E-state index < -0.39 is 0 Å². The van der Waals surface area contributed by atoms with Gasteiger partial charge >= 0.3 is 0 Å². The van der Waals surface area contributed by atoms with Gasteiger partial charge in [0.15, 0.2) is 0 Å². The minimum absolute atomic E-state index is 0.250. The van der Waals surface area contributed by atoms with E-state index in [0.29, 0.717) is 0 Å². The maximum Gasteiger partial charge on any atom is 0.0402 e. The zero-order chi connectivity index (χ0) is 9.40. The molecule has 0 aromatic heterocycles. The number of rotatable bonds is 1. The maximum atomic E-state index is 7.57. The molecule has 2 heteroatoms. The van der Waals surface area contributed by atoms with E-state index in [0.717, 1.165) is 0 Å². The van der Waals surface area contributed by atoms with Crippen molar-refractivity contribution in [3.05, 3.63) is 29.8 Å². The first-order chi connectivity index (χ1) is 5.74. The van der Waals surface area contributed by atoms with E-state index in [2.05, 4.69) is 37.4 Å². The lowest BCUT2D eigenvalue weighted by atomic mass is 10.2. The van der Waals surface area contributed by atoms with Crippen molar-refractivity contribution in [1.82, 2.24) is 0 Å². The lowest BCUT2D eigenvalue weighted by Crippen LogP contribution is -1.70. The van der Waals surface area contributed by atoms with Crippen molar-refractivity contribution in [3.8, 4) is 0 Å². The highest BCUT2D eigenvalue weighted by molar-refractivity contribution is 7.98. The predicted molar refractivity (Wildman–Crippen MR) is 55.7 cm³/mol. The molecule has 68 valence electrons. The van der Waals surface area contributed by atoms with Crippen molar-refractivity contribution in [2.24, 2.45) is 0 Å². The first kappa shape index (κ1) is 11.5. The summed E-state index contributed by atoms with van der Waals surface area (Å²) < 4.78 is 0. The minimum atomic E-state index is 0.250. The SMILES string of the molecule is CCO.CSc1ccc(C)cc1. The lowest BCUT2D eigenvalue weighted by molar-refractivity contribution is 0.318. The summed E-state index contributed by atoms with van der Waals surface area (Å²) in [6.45, 7) is 4.03. The van der Waals surface area contributed by atoms with Crippen LogP contribution in [0.4, 0.5) is 0 Å². The second-order valence-corrected chi connectivity index (χ2v) is 3.21. The van der Waals surface area contributed by atoms with Crippen molar-refractivity contribution >= 4 is 11.8 Å². The fourth-order valence-electron chi connectivity index (χ4n) is 0.674. The molecular formula is C10H16OS. The van der Waals surface area contributed by atoms with Crippen molar-refractivity contribution in [2.75, 3.05) is 12.9 Å². The number of hydrogen-bond donors (Lipinski definition) is 1. The van der Waals surface area contributed by atoms with Crippen molar-refractivity contribution in [2.45, 2.75) is 18.7 Å². The zero-order valence-corrected chi connectivity index (χ0v) is 8.69. The normalized spacial score (nSPS) is 8.67. The number of aliphatic hydroxyl groups is 1. The average Bonchev–Trinajstić information content (AvgIpc) is 2.07. The Labute approximate surface area is 78.8 Å². The van der Waals surface area contributed by atoms with Gasteiger partial charge in [-0.05, 0) is 32.2 Å². The molecule has 0 radical (unpaired) electrons. The third-order valence-electron chi connectivity index (χ3n) is 1.26. The van der Waals surface area contributed by atoms with E-state index in [-0.39, 0.29) is 6.61 Å². The molecule has 1 N–H and O–H groups in total. The number of hydrogen-bond acceptors (Lipinski definition) is 2. The van der Waals surface area contributed by atoms with Gasteiger partial charge in [0.25, 0.3) is 0 Å². The first-order valence-corrected chi connectivity index (χ1v) is 5.18. The Hall–Kier alpha value is -0.470. The van der Waals surface area contributed by atoms with E-state index in [1.807, 2.05) is 0 Å². The van der Waals surface area contributed by atoms with Crippen LogP contribution in [0.5, 0.6) is 0 Å². The molecule has 0 unspecified atom stereocenters. The number of benzene rings is 1. The summed E-state index contributed by atoms with van der Waals surface area (Å²) >= 11 is 1.78. The van der Waals surface area contributed by atoms with Crippen LogP contribution in [0.15, 0.2) is 29.2 Å². The first-order valence-electron chi connectivity index (χ1n) is 3.96. The summed E-state index contributed by atoms with van der Waals surface area (Å²) in [5.41, 5.74) is 1.33. The van der Waals surface area contributed by atoms with Gasteiger partial charge in [-0.3, -0.25) is 0 Å². The van der Waals surface area contributed by atoms with Crippen LogP contribution in [-0.4, -0.2) is 18.0 Å². The number of aliphatic hydroxyl groups excluding tert-OH is 1. The van der Waals surface area contributed by atoms with Crippen LogP contribution in [0.1, 0.15) is 12.5 Å². The van der Waals surface area contributed by atoms with E-state index in [9.17, 15) is 0 Å². The molecule has 0 saturated heterocycles. The lowest BCUT2D eigenvalue weighted by Gasteiger charge is -1.93. The smallest absolute Gasteiger partial charge is 0.0402 e. The largest absolute Gasteiger partial charge is 0.397 e. The average molecular weight is 184 g/mol. The van der Waals surface area contributed by atoms with Gasteiger partial charge in [0, 0.05) is 11.5 Å². The summed E-state index contributed by atoms with van der Waals surface area (Å²) in [6, 6.07) is 8.54. The second kappa shape index (κ2) is 7.19. The Bertz CT molecular complexity index is 193. The molecule has 0 spiro atoms. The van der Waals surface area contributed by atoms with Gasteiger partial charge in [0.05, 0.1) is 0 Å². The van der Waals surface area contributed by atoms with Gasteiger partial charge in [-0.25, -0.2) is 0 Å². The van der Waals surface area contributed by atoms with Gasteiger partial charge in [0.2, 0.25) is 0 Å². The molecule has 1 nitrogen and oxygen atoms in total. The molecule has 0 fully saturated rings. The standard InChI is InChI=1S/C8H10S.C2H6O/c1-7-3-5-8(9-2)6-4-7;1-2-3/h3-6H,1-2H3;3H,2H2,1H3. The van der Waals surface area contributed by atoms with Gasteiger partial charge in [-0.15, -0.1) is 11.8 Å². The van der Waals surface area contributed by atoms with Gasteiger partial charge in [-0.2, -0.15) is 0 Å². The topological polar surface area (TPSA) is 20.2 Å². The fraction of sp³-hybridized carbons (Fsp3) is 0.400. The molecule has 1 aromatic carbocycles. The Kier molecular flexibility index (Phi) is 6.91. The third-order valence-corrected chi connectivity index (χ3v) is 2.00. The predicted octanol–water partition coefficient (Wildman–Crippen LogP) is 2.72. The molecule has 0 bridgehead atoms. The summed E-state index contributed by atoms with van der Waals surface area (Å²) in [4.78, 5) is 1.33. The molecule has 1 aromatic rings. The highest BCUT2D eigenvalue weighted by Gasteiger charge is 1.85. The summed E-state index contributed by atoms with van der Waals surface area (Å²) in [5, 5.41) is 7.57. The second-order valence-electron chi connectivity index (χ2n) is 2.33. The highest BCUT2D eigenvalue weighted by atomic mass is 32.2. The van der Waals surface area contributed by atoms with Crippen LogP contribution in [0, 0.1) is 6.92 Å². The molecular weight excluding hydrogens is 168 g/mol. The number of thioether (sulfide) groups is 1. The molecule has 0 heterocycles. The Morgan fingerprint density at radius 2 is 1.67 bits per heavy atom. The van der Waals surface area contributed by atoms with Gasteiger partial charge in [-0.1, -0.05) is 17.7 Å². The van der Waals surface area contributed by atoms with Crippen molar-refractivity contribution < 1.29 is 5.11 Å². The molecule has 0 aliphatic rings. The van der Waals surface area contributed by atoms with Crippen molar-refractivity contribution in [3.63, 3.8) is 0 Å². The summed E-state index contributed by atoms with van der Waals surface area (Å²) in [5.74, 6) is 0. The molecule has 12 heavy (non-hydrogen) atoms. The van der Waals surface area contributed by atoms with Crippen LogP contribution in [0.25, 0.3) is 0 Å². The van der Waals surface area contributed by atoms with E-state index in [1.54, 1.807) is 18.7 Å². The minimum Gasteiger partial charge on any atom is -0.397 e. The summed E-state index contributed by atoms with van der Waals surface area (Å²) in [6.07, 6.45) is 2.09. The van der Waals surface area contributed by atoms with Crippen LogP contribution < -0.4 is 0 Å². The maximum absolute atomic E-state index is 7.57. The highest BCUT2D eigenvalue weighted by Crippen LogP contribution is 2.13. The van der Waals surface area contributed by atoms with E-state index in [4.69, 9.17) is 5.11 Å². The monoisotopic (exact) mass is 184 g/mol. The van der Waals surface area contributed by atoms with Gasteiger partial charge < -0.3 is 5.11 Å². The van der Waals surface area contributed by atoms with Crippen molar-refractivity contribution in [1.29, 1.82) is 0 Å². The molecule has 1 rings (SSSR count). The quantitative estimate of drug-likeness (QED) is 0.677. The molecule has 0 aliphatic carbocycles. The molecule has 0 amide bonds. The van der Waals surface area contributed by atoms with Crippen LogP contribution in [-0.2, 0) is 0 Å². The van der Waals surface area contributed by atoms with Gasteiger partial charge in [0.1, 0.15) is 0 Å². The Morgan fingerprint density at radius 3 is 2.00 bits per heavy atom. The van der Waals surface area contributed by atoms with Crippen LogP contribution in [0.2, 0.25) is 0 Å². The van der Waals surface area contributed by atoms with Crippen LogP contribution in [0.3, 0.4) is 0 Å². The molecule has 0 aliphatic heterocycles.